The quantitative estimate of drug-likeness (QED) is 0.811. The van der Waals surface area contributed by atoms with Crippen molar-refractivity contribution in [1.29, 1.82) is 0 Å². The summed E-state index contributed by atoms with van der Waals surface area (Å²) in [6, 6.07) is 16.6. The second-order valence-corrected chi connectivity index (χ2v) is 7.39. The molecule has 1 atom stereocenters. The second-order valence-electron chi connectivity index (χ2n) is 5.50. The van der Waals surface area contributed by atoms with Crippen molar-refractivity contribution in [3.8, 4) is 0 Å². The van der Waals surface area contributed by atoms with E-state index in [1.807, 2.05) is 55.5 Å². The average molecular weight is 313 g/mol. The molecule has 0 saturated carbocycles. The Labute approximate surface area is 132 Å². The van der Waals surface area contributed by atoms with Gasteiger partial charge >= 0.3 is 0 Å². The van der Waals surface area contributed by atoms with Gasteiger partial charge in [-0.25, -0.2) is 8.42 Å². The molecule has 0 aromatic heterocycles. The maximum atomic E-state index is 13.0. The smallest absolute Gasteiger partial charge is 0.207 e. The van der Waals surface area contributed by atoms with Crippen molar-refractivity contribution < 1.29 is 8.42 Å². The number of nitrogens with zero attached hydrogens (tertiary/aromatic N) is 1. The van der Waals surface area contributed by atoms with Gasteiger partial charge in [0.25, 0.3) is 0 Å². The monoisotopic (exact) mass is 313 g/mol. The molecule has 0 saturated heterocycles. The first-order valence-corrected chi connectivity index (χ1v) is 8.83. The molecule has 1 aliphatic heterocycles. The Morgan fingerprint density at radius 3 is 2.36 bits per heavy atom. The van der Waals surface area contributed by atoms with Gasteiger partial charge in [0.15, 0.2) is 0 Å². The fraction of sp³-hybridized carbons (Fsp3) is 0.222. The highest BCUT2D eigenvalue weighted by molar-refractivity contribution is 7.89. The van der Waals surface area contributed by atoms with E-state index >= 15 is 0 Å². The van der Waals surface area contributed by atoms with Gasteiger partial charge < -0.3 is 0 Å². The molecule has 114 valence electrons. The van der Waals surface area contributed by atoms with Gasteiger partial charge in [-0.05, 0) is 31.0 Å². The highest BCUT2D eigenvalue weighted by Gasteiger charge is 2.32. The summed E-state index contributed by atoms with van der Waals surface area (Å²) in [4.78, 5) is 0.356. The van der Waals surface area contributed by atoms with Crippen molar-refractivity contribution in [2.45, 2.75) is 24.3 Å². The Balaban J connectivity index is 2.01. The van der Waals surface area contributed by atoms with Crippen molar-refractivity contribution in [2.24, 2.45) is 0 Å². The minimum absolute atomic E-state index is 0.235. The summed E-state index contributed by atoms with van der Waals surface area (Å²) >= 11 is 0. The lowest BCUT2D eigenvalue weighted by Crippen LogP contribution is -2.36. The molecule has 4 heteroatoms. The van der Waals surface area contributed by atoms with E-state index in [0.29, 0.717) is 11.4 Å². The van der Waals surface area contributed by atoms with Crippen LogP contribution >= 0.6 is 0 Å². The van der Waals surface area contributed by atoms with Crippen molar-refractivity contribution in [3.63, 3.8) is 0 Å². The maximum absolute atomic E-state index is 13.0. The molecule has 2 aromatic carbocycles. The number of sulfonamides is 1. The normalized spacial score (nSPS) is 19.2. The highest BCUT2D eigenvalue weighted by atomic mass is 32.2. The lowest BCUT2D eigenvalue weighted by Gasteiger charge is -2.31. The molecular weight excluding hydrogens is 294 g/mol. The SMILES string of the molecule is Cc1ccc(S(=O)(=O)N2CCC=CC2c2ccccc2)cc1. The molecule has 0 bridgehead atoms. The van der Waals surface area contributed by atoms with Crippen LogP contribution in [0, 0.1) is 6.92 Å². The van der Waals surface area contributed by atoms with Crippen LogP contribution in [0.5, 0.6) is 0 Å². The van der Waals surface area contributed by atoms with Gasteiger partial charge in [0.1, 0.15) is 0 Å². The number of rotatable bonds is 3. The number of aryl methyl sites for hydroxylation is 1. The van der Waals surface area contributed by atoms with Crippen LogP contribution < -0.4 is 0 Å². The molecule has 3 nitrogen and oxygen atoms in total. The van der Waals surface area contributed by atoms with E-state index < -0.39 is 10.0 Å². The molecule has 1 aliphatic rings. The number of hydrogen-bond donors (Lipinski definition) is 0. The Morgan fingerprint density at radius 1 is 1.00 bits per heavy atom. The lowest BCUT2D eigenvalue weighted by molar-refractivity contribution is 0.360. The fourth-order valence-corrected chi connectivity index (χ4v) is 4.29. The summed E-state index contributed by atoms with van der Waals surface area (Å²) in [6.07, 6.45) is 4.78. The first kappa shape index (κ1) is 15.0. The van der Waals surface area contributed by atoms with Crippen LogP contribution in [0.2, 0.25) is 0 Å². The molecule has 0 radical (unpaired) electrons. The molecule has 22 heavy (non-hydrogen) atoms. The van der Waals surface area contributed by atoms with Crippen LogP contribution in [-0.2, 0) is 10.0 Å². The zero-order valence-corrected chi connectivity index (χ0v) is 13.3. The third kappa shape index (κ3) is 2.85. The zero-order valence-electron chi connectivity index (χ0n) is 12.5. The van der Waals surface area contributed by atoms with E-state index in [4.69, 9.17) is 0 Å². The van der Waals surface area contributed by atoms with Crippen LogP contribution in [-0.4, -0.2) is 19.3 Å². The van der Waals surface area contributed by atoms with E-state index in [0.717, 1.165) is 17.5 Å². The topological polar surface area (TPSA) is 37.4 Å². The predicted octanol–water partition coefficient (Wildman–Crippen LogP) is 3.69. The molecular formula is C18H19NO2S. The summed E-state index contributed by atoms with van der Waals surface area (Å²) in [7, 11) is -3.49. The van der Waals surface area contributed by atoms with Crippen molar-refractivity contribution in [3.05, 3.63) is 77.9 Å². The third-order valence-corrected chi connectivity index (χ3v) is 5.81. The maximum Gasteiger partial charge on any atom is 0.243 e. The van der Waals surface area contributed by atoms with Crippen LogP contribution in [0.4, 0.5) is 0 Å². The van der Waals surface area contributed by atoms with Gasteiger partial charge in [0, 0.05) is 6.54 Å². The summed E-state index contributed by atoms with van der Waals surface area (Å²) in [5, 5.41) is 0. The fourth-order valence-electron chi connectivity index (χ4n) is 2.70. The molecule has 0 aliphatic carbocycles. The molecule has 1 heterocycles. The predicted molar refractivity (Wildman–Crippen MR) is 88.0 cm³/mol. The second kappa shape index (κ2) is 6.07. The lowest BCUT2D eigenvalue weighted by atomic mass is 10.0. The largest absolute Gasteiger partial charge is 0.243 e. The Bertz CT molecular complexity index is 764. The van der Waals surface area contributed by atoms with Gasteiger partial charge in [-0.3, -0.25) is 0 Å². The first-order valence-electron chi connectivity index (χ1n) is 7.39. The molecule has 0 spiro atoms. The molecule has 0 fully saturated rings. The summed E-state index contributed by atoms with van der Waals surface area (Å²) < 4.78 is 27.5. The molecule has 0 amide bonds. The Hall–Kier alpha value is -1.91. The molecule has 1 unspecified atom stereocenters. The van der Waals surface area contributed by atoms with Crippen molar-refractivity contribution in [1.82, 2.24) is 4.31 Å². The number of benzene rings is 2. The first-order chi connectivity index (χ1) is 10.6. The van der Waals surface area contributed by atoms with E-state index in [-0.39, 0.29) is 6.04 Å². The minimum Gasteiger partial charge on any atom is -0.207 e. The molecule has 0 N–H and O–H groups in total. The van der Waals surface area contributed by atoms with Gasteiger partial charge in [0.2, 0.25) is 10.0 Å². The molecule has 3 rings (SSSR count). The van der Waals surface area contributed by atoms with E-state index in [9.17, 15) is 8.42 Å². The zero-order chi connectivity index (χ0) is 15.6. The summed E-state index contributed by atoms with van der Waals surface area (Å²) in [5.74, 6) is 0. The van der Waals surface area contributed by atoms with Crippen molar-refractivity contribution >= 4 is 10.0 Å². The third-order valence-electron chi connectivity index (χ3n) is 3.91. The van der Waals surface area contributed by atoms with Crippen LogP contribution in [0.3, 0.4) is 0 Å². The Kier molecular flexibility index (Phi) is 4.14. The van der Waals surface area contributed by atoms with E-state index in [1.165, 1.54) is 0 Å². The van der Waals surface area contributed by atoms with E-state index in [1.54, 1.807) is 16.4 Å². The van der Waals surface area contributed by atoms with E-state index in [2.05, 4.69) is 6.08 Å². The number of hydrogen-bond acceptors (Lipinski definition) is 2. The summed E-state index contributed by atoms with van der Waals surface area (Å²) in [5.41, 5.74) is 2.05. The highest BCUT2D eigenvalue weighted by Crippen LogP contribution is 2.31. The van der Waals surface area contributed by atoms with Crippen molar-refractivity contribution in [2.75, 3.05) is 6.54 Å². The summed E-state index contributed by atoms with van der Waals surface area (Å²) in [6.45, 7) is 2.46. The van der Waals surface area contributed by atoms with Gasteiger partial charge in [-0.2, -0.15) is 4.31 Å². The van der Waals surface area contributed by atoms with Crippen LogP contribution in [0.25, 0.3) is 0 Å². The standard InChI is InChI=1S/C18H19NO2S/c1-15-10-12-17(13-11-15)22(20,21)19-14-6-5-9-18(19)16-7-3-2-4-8-16/h2-5,7-13,18H,6,14H2,1H3. The van der Waals surface area contributed by atoms with Gasteiger partial charge in [-0.15, -0.1) is 0 Å². The van der Waals surface area contributed by atoms with Crippen LogP contribution in [0.15, 0.2) is 71.6 Å². The Morgan fingerprint density at radius 2 is 1.68 bits per heavy atom. The average Bonchev–Trinajstić information content (AvgIpc) is 2.56. The van der Waals surface area contributed by atoms with Crippen LogP contribution in [0.1, 0.15) is 23.6 Å². The van der Waals surface area contributed by atoms with Gasteiger partial charge in [-0.1, -0.05) is 60.2 Å². The molecule has 2 aromatic rings. The minimum atomic E-state index is -3.49. The van der Waals surface area contributed by atoms with Gasteiger partial charge in [0.05, 0.1) is 10.9 Å².